The molecular formula is C16H20ClN3O. The predicted molar refractivity (Wildman–Crippen MR) is 86.1 cm³/mol. The smallest absolute Gasteiger partial charge is 0.137 e. The van der Waals surface area contributed by atoms with E-state index in [0.29, 0.717) is 18.3 Å². The molecule has 0 radical (unpaired) electrons. The van der Waals surface area contributed by atoms with Gasteiger partial charge in [0, 0.05) is 18.5 Å². The van der Waals surface area contributed by atoms with Gasteiger partial charge >= 0.3 is 0 Å². The molecule has 1 aromatic carbocycles. The van der Waals surface area contributed by atoms with Crippen LogP contribution in [0.15, 0.2) is 24.3 Å². The maximum atomic E-state index is 6.13. The van der Waals surface area contributed by atoms with E-state index >= 15 is 0 Å². The van der Waals surface area contributed by atoms with E-state index in [0.717, 1.165) is 34.9 Å². The van der Waals surface area contributed by atoms with E-state index in [2.05, 4.69) is 15.3 Å². The molecule has 0 unspecified atom stereocenters. The number of halogens is 1. The molecule has 0 atom stereocenters. The Hall–Kier alpha value is -1.81. The van der Waals surface area contributed by atoms with Crippen molar-refractivity contribution in [2.75, 3.05) is 11.9 Å². The highest BCUT2D eigenvalue weighted by molar-refractivity contribution is 6.30. The van der Waals surface area contributed by atoms with E-state index in [4.69, 9.17) is 16.3 Å². The topological polar surface area (TPSA) is 47.0 Å². The largest absolute Gasteiger partial charge is 0.494 e. The van der Waals surface area contributed by atoms with Gasteiger partial charge in [0.05, 0.1) is 6.61 Å². The second kappa shape index (κ2) is 7.27. The molecule has 0 saturated heterocycles. The summed E-state index contributed by atoms with van der Waals surface area (Å²) in [6.07, 6.45) is 0.758. The van der Waals surface area contributed by atoms with Crippen LogP contribution in [0, 0.1) is 6.92 Å². The van der Waals surface area contributed by atoms with Crippen molar-refractivity contribution in [3.63, 3.8) is 0 Å². The average molecular weight is 306 g/mol. The van der Waals surface area contributed by atoms with E-state index in [1.54, 1.807) is 0 Å². The molecule has 2 rings (SSSR count). The second-order valence-electron chi connectivity index (χ2n) is 4.69. The zero-order valence-corrected chi connectivity index (χ0v) is 13.4. The van der Waals surface area contributed by atoms with Gasteiger partial charge < -0.3 is 10.1 Å². The first-order valence-electron chi connectivity index (χ1n) is 7.12. The van der Waals surface area contributed by atoms with Gasteiger partial charge in [0.1, 0.15) is 22.5 Å². The van der Waals surface area contributed by atoms with Crippen molar-refractivity contribution in [3.05, 3.63) is 46.4 Å². The molecule has 0 fully saturated rings. The maximum absolute atomic E-state index is 6.13. The first-order chi connectivity index (χ1) is 10.1. The first kappa shape index (κ1) is 15.6. The highest BCUT2D eigenvalue weighted by Gasteiger charge is 2.08. The average Bonchev–Trinajstić information content (AvgIpc) is 2.49. The van der Waals surface area contributed by atoms with Gasteiger partial charge in [-0.1, -0.05) is 30.7 Å². The van der Waals surface area contributed by atoms with Crippen LogP contribution >= 0.6 is 11.6 Å². The molecule has 1 aromatic heterocycles. The van der Waals surface area contributed by atoms with Gasteiger partial charge in [-0.05, 0) is 31.5 Å². The lowest BCUT2D eigenvalue weighted by atomic mass is 10.2. The lowest BCUT2D eigenvalue weighted by Crippen LogP contribution is -2.07. The second-order valence-corrected chi connectivity index (χ2v) is 5.05. The molecule has 0 bridgehead atoms. The Morgan fingerprint density at radius 3 is 2.76 bits per heavy atom. The summed E-state index contributed by atoms with van der Waals surface area (Å²) in [4.78, 5) is 8.73. The lowest BCUT2D eigenvalue weighted by molar-refractivity contribution is 0.340. The summed E-state index contributed by atoms with van der Waals surface area (Å²) < 4.78 is 5.50. The molecule has 0 saturated carbocycles. The molecule has 0 aliphatic rings. The Labute approximate surface area is 130 Å². The van der Waals surface area contributed by atoms with Crippen LogP contribution in [0.3, 0.4) is 0 Å². The van der Waals surface area contributed by atoms with Crippen molar-refractivity contribution in [1.29, 1.82) is 0 Å². The summed E-state index contributed by atoms with van der Waals surface area (Å²) in [5.74, 6) is 2.41. The van der Waals surface area contributed by atoms with Crippen molar-refractivity contribution in [1.82, 2.24) is 9.97 Å². The van der Waals surface area contributed by atoms with Crippen LogP contribution in [0.1, 0.15) is 30.8 Å². The fourth-order valence-corrected chi connectivity index (χ4v) is 2.15. The van der Waals surface area contributed by atoms with Gasteiger partial charge in [0.25, 0.3) is 0 Å². The van der Waals surface area contributed by atoms with Gasteiger partial charge in [-0.25, -0.2) is 9.97 Å². The van der Waals surface area contributed by atoms with E-state index in [1.165, 1.54) is 0 Å². The van der Waals surface area contributed by atoms with Gasteiger partial charge in [-0.15, -0.1) is 0 Å². The zero-order valence-electron chi connectivity index (χ0n) is 12.6. The number of ether oxygens (including phenoxy) is 1. The highest BCUT2D eigenvalue weighted by atomic mass is 35.5. The fourth-order valence-electron chi connectivity index (χ4n) is 1.96. The summed E-state index contributed by atoms with van der Waals surface area (Å²) in [7, 11) is 0. The van der Waals surface area contributed by atoms with Gasteiger partial charge in [-0.3, -0.25) is 0 Å². The number of aromatic nitrogens is 2. The van der Waals surface area contributed by atoms with Gasteiger partial charge in [0.2, 0.25) is 0 Å². The standard InChI is InChI=1S/C16H20ClN3O/c1-4-14-19-15(17)11(3)16(20-14)18-10-12-7-6-8-13(9-12)21-5-2/h6-9H,4-5,10H2,1-3H3,(H,18,19,20). The number of aryl methyl sites for hydroxylation is 1. The SMILES string of the molecule is CCOc1cccc(CNc2nc(CC)nc(Cl)c2C)c1. The number of benzene rings is 1. The van der Waals surface area contributed by atoms with Crippen LogP contribution < -0.4 is 10.1 Å². The first-order valence-corrected chi connectivity index (χ1v) is 7.50. The van der Waals surface area contributed by atoms with Gasteiger partial charge in [0.15, 0.2) is 0 Å². The Kier molecular flexibility index (Phi) is 5.39. The molecule has 0 aliphatic heterocycles. The summed E-state index contributed by atoms with van der Waals surface area (Å²) in [6.45, 7) is 7.23. The third kappa shape index (κ3) is 4.08. The molecule has 0 aliphatic carbocycles. The minimum Gasteiger partial charge on any atom is -0.494 e. The number of rotatable bonds is 6. The van der Waals surface area contributed by atoms with Crippen LogP contribution in [-0.4, -0.2) is 16.6 Å². The monoisotopic (exact) mass is 305 g/mol. The summed E-state index contributed by atoms with van der Waals surface area (Å²) in [5.41, 5.74) is 2.00. The minimum absolute atomic E-state index is 0.507. The molecule has 21 heavy (non-hydrogen) atoms. The third-order valence-electron chi connectivity index (χ3n) is 3.12. The predicted octanol–water partition coefficient (Wildman–Crippen LogP) is 4.01. The number of hydrogen-bond donors (Lipinski definition) is 1. The van der Waals surface area contributed by atoms with Gasteiger partial charge in [-0.2, -0.15) is 0 Å². The lowest BCUT2D eigenvalue weighted by Gasteiger charge is -2.12. The maximum Gasteiger partial charge on any atom is 0.137 e. The highest BCUT2D eigenvalue weighted by Crippen LogP contribution is 2.21. The number of hydrogen-bond acceptors (Lipinski definition) is 4. The Balaban J connectivity index is 2.12. The van der Waals surface area contributed by atoms with E-state index < -0.39 is 0 Å². The molecule has 2 aromatic rings. The van der Waals surface area contributed by atoms with Crippen molar-refractivity contribution in [3.8, 4) is 5.75 Å². The van der Waals surface area contributed by atoms with Crippen LogP contribution in [0.4, 0.5) is 5.82 Å². The Bertz CT molecular complexity index is 616. The Morgan fingerprint density at radius 1 is 1.24 bits per heavy atom. The number of nitrogens with zero attached hydrogens (tertiary/aromatic N) is 2. The minimum atomic E-state index is 0.507. The van der Waals surface area contributed by atoms with Crippen molar-refractivity contribution in [2.45, 2.75) is 33.7 Å². The molecule has 0 amide bonds. The molecule has 1 heterocycles. The molecular weight excluding hydrogens is 286 g/mol. The summed E-state index contributed by atoms with van der Waals surface area (Å²) in [6, 6.07) is 8.01. The summed E-state index contributed by atoms with van der Waals surface area (Å²) >= 11 is 6.13. The van der Waals surface area contributed by atoms with Crippen LogP contribution in [0.25, 0.3) is 0 Å². The van der Waals surface area contributed by atoms with E-state index in [-0.39, 0.29) is 0 Å². The van der Waals surface area contributed by atoms with Crippen molar-refractivity contribution in [2.24, 2.45) is 0 Å². The molecule has 112 valence electrons. The normalized spacial score (nSPS) is 10.5. The van der Waals surface area contributed by atoms with Crippen LogP contribution in [0.5, 0.6) is 5.75 Å². The van der Waals surface area contributed by atoms with E-state index in [9.17, 15) is 0 Å². The summed E-state index contributed by atoms with van der Waals surface area (Å²) in [5, 5.41) is 3.83. The third-order valence-corrected chi connectivity index (χ3v) is 3.49. The van der Waals surface area contributed by atoms with Crippen molar-refractivity contribution < 1.29 is 4.74 Å². The number of nitrogens with one attached hydrogen (secondary N) is 1. The molecule has 4 nitrogen and oxygen atoms in total. The Morgan fingerprint density at radius 2 is 2.05 bits per heavy atom. The molecule has 5 heteroatoms. The molecule has 0 spiro atoms. The molecule has 1 N–H and O–H groups in total. The quantitative estimate of drug-likeness (QED) is 0.819. The fraction of sp³-hybridized carbons (Fsp3) is 0.375. The zero-order chi connectivity index (χ0) is 15.2. The van der Waals surface area contributed by atoms with E-state index in [1.807, 2.05) is 45.0 Å². The van der Waals surface area contributed by atoms with Crippen molar-refractivity contribution >= 4 is 17.4 Å². The van der Waals surface area contributed by atoms with Crippen LogP contribution in [-0.2, 0) is 13.0 Å². The number of anilines is 1. The van der Waals surface area contributed by atoms with Crippen LogP contribution in [0.2, 0.25) is 5.15 Å².